The predicted octanol–water partition coefficient (Wildman–Crippen LogP) is 3.62. The lowest BCUT2D eigenvalue weighted by atomic mass is 9.99. The lowest BCUT2D eigenvalue weighted by Gasteiger charge is -2.21. The zero-order valence-corrected chi connectivity index (χ0v) is 18.0. The van der Waals surface area contributed by atoms with E-state index in [9.17, 15) is 9.59 Å². The van der Waals surface area contributed by atoms with Crippen LogP contribution in [0.5, 0.6) is 11.5 Å². The van der Waals surface area contributed by atoms with Gasteiger partial charge >= 0.3 is 5.97 Å². The molecule has 1 aromatic carbocycles. The molecule has 7 nitrogen and oxygen atoms in total. The minimum Gasteiger partial charge on any atom is -0.493 e. The molecule has 0 spiro atoms. The van der Waals surface area contributed by atoms with Crippen LogP contribution in [0.1, 0.15) is 48.1 Å². The summed E-state index contributed by atoms with van der Waals surface area (Å²) >= 11 is 0. The molecule has 162 valence electrons. The Morgan fingerprint density at radius 3 is 2.60 bits per heavy atom. The van der Waals surface area contributed by atoms with Gasteiger partial charge in [-0.05, 0) is 37.0 Å². The summed E-state index contributed by atoms with van der Waals surface area (Å²) in [4.78, 5) is 24.7. The van der Waals surface area contributed by atoms with E-state index in [0.29, 0.717) is 24.7 Å². The molecular weight excluding hydrogens is 386 g/mol. The van der Waals surface area contributed by atoms with Crippen LogP contribution in [0.3, 0.4) is 0 Å². The lowest BCUT2D eigenvalue weighted by molar-refractivity contribution is 0.0598. The van der Waals surface area contributed by atoms with Gasteiger partial charge in [0.1, 0.15) is 5.56 Å². The van der Waals surface area contributed by atoms with Crippen LogP contribution < -0.4 is 14.9 Å². The number of methoxy groups -OCH3 is 3. The molecule has 0 saturated carbocycles. The summed E-state index contributed by atoms with van der Waals surface area (Å²) in [6.07, 6.45) is 5.00. The van der Waals surface area contributed by atoms with Crippen molar-refractivity contribution in [1.29, 1.82) is 0 Å². The van der Waals surface area contributed by atoms with Gasteiger partial charge in [-0.1, -0.05) is 6.92 Å². The van der Waals surface area contributed by atoms with E-state index in [4.69, 9.17) is 18.9 Å². The van der Waals surface area contributed by atoms with E-state index < -0.39 is 5.97 Å². The van der Waals surface area contributed by atoms with Gasteiger partial charge in [-0.3, -0.25) is 4.79 Å². The number of benzene rings is 1. The minimum atomic E-state index is -0.619. The van der Waals surface area contributed by atoms with E-state index in [-0.39, 0.29) is 17.0 Å². The van der Waals surface area contributed by atoms with E-state index in [1.165, 1.54) is 13.2 Å². The molecule has 2 heterocycles. The van der Waals surface area contributed by atoms with E-state index >= 15 is 0 Å². The summed E-state index contributed by atoms with van der Waals surface area (Å²) in [7, 11) is 4.55. The molecule has 0 fully saturated rings. The van der Waals surface area contributed by atoms with Gasteiger partial charge in [0.25, 0.3) is 0 Å². The highest BCUT2D eigenvalue weighted by atomic mass is 16.5. The summed E-state index contributed by atoms with van der Waals surface area (Å²) < 4.78 is 23.4. The van der Waals surface area contributed by atoms with Gasteiger partial charge in [0.2, 0.25) is 0 Å². The highest BCUT2D eigenvalue weighted by molar-refractivity contribution is 5.89. The van der Waals surface area contributed by atoms with Gasteiger partial charge in [-0.15, -0.1) is 0 Å². The maximum absolute atomic E-state index is 12.7. The Labute approximate surface area is 176 Å². The van der Waals surface area contributed by atoms with Gasteiger partial charge in [0, 0.05) is 44.0 Å². The number of esters is 1. The van der Waals surface area contributed by atoms with Crippen LogP contribution in [0, 0.1) is 0 Å². The van der Waals surface area contributed by atoms with Gasteiger partial charge in [0.05, 0.1) is 26.5 Å². The predicted molar refractivity (Wildman–Crippen MR) is 114 cm³/mol. The van der Waals surface area contributed by atoms with Crippen molar-refractivity contribution >= 4 is 5.97 Å². The Balaban J connectivity index is 2.10. The molecule has 0 radical (unpaired) electrons. The first-order chi connectivity index (χ1) is 14.5. The van der Waals surface area contributed by atoms with Crippen molar-refractivity contribution in [1.82, 2.24) is 4.57 Å². The summed E-state index contributed by atoms with van der Waals surface area (Å²) in [6, 6.07) is 5.61. The lowest BCUT2D eigenvalue weighted by Crippen LogP contribution is -2.21. The van der Waals surface area contributed by atoms with E-state index in [0.717, 1.165) is 42.5 Å². The summed E-state index contributed by atoms with van der Waals surface area (Å²) in [6.45, 7) is 3.26. The molecule has 30 heavy (non-hydrogen) atoms. The summed E-state index contributed by atoms with van der Waals surface area (Å²) in [5.41, 5.74) is 2.48. The SMILES string of the molecule is CCC1CCc2cc(OCCCOC)c(OC)cc2-c2cc(=O)c(C(=O)OC)cn21. The molecule has 0 bridgehead atoms. The number of carbonyl (C=O) groups excluding carboxylic acids is 1. The molecule has 1 aliphatic rings. The highest BCUT2D eigenvalue weighted by Gasteiger charge is 2.25. The molecule has 1 unspecified atom stereocenters. The second kappa shape index (κ2) is 9.80. The number of carbonyl (C=O) groups is 1. The van der Waals surface area contributed by atoms with Crippen LogP contribution in [0.25, 0.3) is 11.3 Å². The van der Waals surface area contributed by atoms with Crippen molar-refractivity contribution < 1.29 is 23.7 Å². The quantitative estimate of drug-likeness (QED) is 0.484. The number of pyridine rings is 1. The third-order valence-electron chi connectivity index (χ3n) is 5.51. The van der Waals surface area contributed by atoms with Gasteiger partial charge in [-0.2, -0.15) is 0 Å². The molecule has 7 heteroatoms. The number of ether oxygens (including phenoxy) is 4. The Morgan fingerprint density at radius 2 is 1.93 bits per heavy atom. The maximum atomic E-state index is 12.7. The highest BCUT2D eigenvalue weighted by Crippen LogP contribution is 2.40. The average molecular weight is 415 g/mol. The molecule has 1 aliphatic heterocycles. The molecule has 0 aliphatic carbocycles. The van der Waals surface area contributed by atoms with Crippen LogP contribution >= 0.6 is 0 Å². The largest absolute Gasteiger partial charge is 0.493 e. The fourth-order valence-electron chi connectivity index (χ4n) is 3.90. The number of aromatic nitrogens is 1. The van der Waals surface area contributed by atoms with Crippen molar-refractivity contribution in [2.24, 2.45) is 0 Å². The van der Waals surface area contributed by atoms with Crippen molar-refractivity contribution in [3.05, 3.63) is 45.7 Å². The van der Waals surface area contributed by atoms with Crippen LogP contribution in [0.4, 0.5) is 0 Å². The Hall–Kier alpha value is -2.80. The van der Waals surface area contributed by atoms with E-state index in [2.05, 4.69) is 6.92 Å². The van der Waals surface area contributed by atoms with Gasteiger partial charge in [-0.25, -0.2) is 4.79 Å². The van der Waals surface area contributed by atoms with E-state index in [1.807, 2.05) is 16.7 Å². The Bertz CT molecular complexity index is 965. The first-order valence-corrected chi connectivity index (χ1v) is 10.2. The van der Waals surface area contributed by atoms with Gasteiger partial charge in [0.15, 0.2) is 16.9 Å². The maximum Gasteiger partial charge on any atom is 0.343 e. The monoisotopic (exact) mass is 415 g/mol. The third-order valence-corrected chi connectivity index (χ3v) is 5.51. The molecule has 0 amide bonds. The first-order valence-electron chi connectivity index (χ1n) is 10.2. The number of rotatable bonds is 8. The third kappa shape index (κ3) is 4.36. The second-order valence-corrected chi connectivity index (χ2v) is 7.29. The van der Waals surface area contributed by atoms with Crippen molar-refractivity contribution in [2.75, 3.05) is 34.5 Å². The smallest absolute Gasteiger partial charge is 0.343 e. The minimum absolute atomic E-state index is 0.0493. The van der Waals surface area contributed by atoms with Crippen molar-refractivity contribution in [3.8, 4) is 22.8 Å². The summed E-state index contributed by atoms with van der Waals surface area (Å²) in [5.74, 6) is 0.673. The molecule has 3 rings (SSSR count). The molecule has 1 atom stereocenters. The number of nitrogens with zero attached hydrogens (tertiary/aromatic N) is 1. The van der Waals surface area contributed by atoms with E-state index in [1.54, 1.807) is 20.4 Å². The topological polar surface area (TPSA) is 76.0 Å². The number of hydrogen-bond acceptors (Lipinski definition) is 6. The van der Waals surface area contributed by atoms with Crippen LogP contribution in [-0.2, 0) is 15.9 Å². The zero-order chi connectivity index (χ0) is 21.7. The second-order valence-electron chi connectivity index (χ2n) is 7.29. The number of fused-ring (bicyclic) bond motifs is 3. The van der Waals surface area contributed by atoms with Crippen LogP contribution in [-0.4, -0.2) is 45.1 Å². The standard InChI is InChI=1S/C23H29NO6/c1-5-16-8-7-15-11-22(30-10-6-9-27-2)21(28-3)12-17(15)19-13-20(25)18(14-24(16)19)23(26)29-4/h11-14,16H,5-10H2,1-4H3. The van der Waals surface area contributed by atoms with Crippen LogP contribution in [0.2, 0.25) is 0 Å². The van der Waals surface area contributed by atoms with Crippen molar-refractivity contribution in [2.45, 2.75) is 38.6 Å². The van der Waals surface area contributed by atoms with Crippen LogP contribution in [0.15, 0.2) is 29.2 Å². The fraction of sp³-hybridized carbons (Fsp3) is 0.478. The fourth-order valence-corrected chi connectivity index (χ4v) is 3.90. The number of hydrogen-bond donors (Lipinski definition) is 0. The molecule has 2 aromatic rings. The zero-order valence-electron chi connectivity index (χ0n) is 18.0. The molecule has 0 N–H and O–H groups in total. The average Bonchev–Trinajstić information content (AvgIpc) is 2.90. The number of aryl methyl sites for hydroxylation is 1. The molecular formula is C23H29NO6. The normalized spacial score (nSPS) is 15.0. The summed E-state index contributed by atoms with van der Waals surface area (Å²) in [5, 5.41) is 0. The Kier molecular flexibility index (Phi) is 7.15. The van der Waals surface area contributed by atoms with Crippen molar-refractivity contribution in [3.63, 3.8) is 0 Å². The molecule has 0 saturated heterocycles. The first kappa shape index (κ1) is 21.9. The Morgan fingerprint density at radius 1 is 1.13 bits per heavy atom. The molecule has 1 aromatic heterocycles. The van der Waals surface area contributed by atoms with Gasteiger partial charge < -0.3 is 23.5 Å².